The summed E-state index contributed by atoms with van der Waals surface area (Å²) in [4.78, 5) is 0. The van der Waals surface area contributed by atoms with Crippen molar-refractivity contribution in [3.05, 3.63) is 0 Å². The fourth-order valence-electron chi connectivity index (χ4n) is 0.106. The maximum atomic E-state index is 11.8. The maximum Gasteiger partial charge on any atom is 0.291 e. The van der Waals surface area contributed by atoms with Crippen molar-refractivity contribution in [2.45, 2.75) is 19.0 Å². The molecule has 0 rings (SSSR count). The monoisotopic (exact) mass is 146 g/mol. The Labute approximate surface area is 50.6 Å². The van der Waals surface area contributed by atoms with Crippen molar-refractivity contribution in [3.8, 4) is 0 Å². The second kappa shape index (κ2) is 2.58. The normalized spacial score (nSPS) is 16.1. The predicted molar refractivity (Wildman–Crippen MR) is 26.2 cm³/mol. The van der Waals surface area contributed by atoms with Gasteiger partial charge in [0.25, 0.3) is 5.92 Å². The molecule has 0 aliphatic carbocycles. The molecular weight excluding hydrogens is 140 g/mol. The zero-order valence-corrected chi connectivity index (χ0v) is 5.05. The Morgan fingerprint density at radius 3 is 2.00 bits per heavy atom. The van der Waals surface area contributed by atoms with Gasteiger partial charge in [-0.2, -0.15) is 0 Å². The fourth-order valence-corrected chi connectivity index (χ4v) is 0.319. The highest BCUT2D eigenvalue weighted by atomic mass is 35.5. The summed E-state index contributed by atoms with van der Waals surface area (Å²) in [6, 6.07) is 0. The molecule has 0 N–H and O–H groups in total. The third-order valence-corrected chi connectivity index (χ3v) is 1.12. The van der Waals surface area contributed by atoms with E-state index >= 15 is 0 Å². The highest BCUT2D eigenvalue weighted by Gasteiger charge is 2.35. The van der Waals surface area contributed by atoms with Gasteiger partial charge in [-0.3, -0.25) is 0 Å². The number of alkyl halides is 4. The molecule has 0 amide bonds. The van der Waals surface area contributed by atoms with Crippen molar-refractivity contribution in [3.63, 3.8) is 0 Å². The average Bonchev–Trinajstić information content (AvgIpc) is 1.67. The van der Waals surface area contributed by atoms with Crippen molar-refractivity contribution >= 4 is 11.6 Å². The van der Waals surface area contributed by atoms with Crippen LogP contribution in [0.25, 0.3) is 0 Å². The van der Waals surface area contributed by atoms with Gasteiger partial charge < -0.3 is 0 Å². The first-order chi connectivity index (χ1) is 3.50. The molecule has 0 nitrogen and oxygen atoms in total. The van der Waals surface area contributed by atoms with E-state index in [2.05, 4.69) is 0 Å². The van der Waals surface area contributed by atoms with Crippen LogP contribution in [0.15, 0.2) is 0 Å². The van der Waals surface area contributed by atoms with E-state index in [1.807, 2.05) is 0 Å². The number of rotatable bonds is 2. The van der Waals surface area contributed by atoms with Crippen molar-refractivity contribution < 1.29 is 13.2 Å². The summed E-state index contributed by atoms with van der Waals surface area (Å²) in [5.74, 6) is -4.31. The van der Waals surface area contributed by atoms with E-state index in [0.717, 1.165) is 6.92 Å². The molecule has 0 radical (unpaired) electrons. The summed E-state index contributed by atoms with van der Waals surface area (Å²) in [5.41, 5.74) is 0. The van der Waals surface area contributed by atoms with Gasteiger partial charge in [0.1, 0.15) is 0 Å². The summed E-state index contributed by atoms with van der Waals surface area (Å²) in [6.07, 6.45) is -2.15. The Bertz CT molecular complexity index is 71.7. The van der Waals surface area contributed by atoms with Gasteiger partial charge in [-0.1, -0.05) is 0 Å². The summed E-state index contributed by atoms with van der Waals surface area (Å²) >= 11 is 4.70. The summed E-state index contributed by atoms with van der Waals surface area (Å²) in [7, 11) is 0. The van der Waals surface area contributed by atoms with Crippen LogP contribution in [0.5, 0.6) is 0 Å². The zero-order valence-electron chi connectivity index (χ0n) is 4.30. The lowest BCUT2D eigenvalue weighted by atomic mass is 10.3. The molecule has 0 aromatic carbocycles. The summed E-state index contributed by atoms with van der Waals surface area (Å²) in [6.45, 7) is 0.780. The Hall–Kier alpha value is 0.0800. The second-order valence-corrected chi connectivity index (χ2v) is 1.78. The van der Waals surface area contributed by atoms with E-state index in [1.165, 1.54) is 0 Å². The van der Waals surface area contributed by atoms with Gasteiger partial charge in [-0.05, 0) is 6.92 Å². The van der Waals surface area contributed by atoms with Crippen LogP contribution in [0.3, 0.4) is 0 Å². The fraction of sp³-hybridized carbons (Fsp3) is 1.00. The van der Waals surface area contributed by atoms with Gasteiger partial charge in [0.2, 0.25) is 0 Å². The molecule has 8 heavy (non-hydrogen) atoms. The Morgan fingerprint density at radius 2 is 2.00 bits per heavy atom. The largest absolute Gasteiger partial charge is 0.291 e. The van der Waals surface area contributed by atoms with Crippen LogP contribution in [-0.2, 0) is 0 Å². The molecule has 0 saturated carbocycles. The first-order valence-corrected chi connectivity index (χ1v) is 2.62. The van der Waals surface area contributed by atoms with Crippen LogP contribution in [0.4, 0.5) is 13.2 Å². The van der Waals surface area contributed by atoms with E-state index in [1.54, 1.807) is 0 Å². The highest BCUT2D eigenvalue weighted by molar-refractivity contribution is 6.18. The quantitative estimate of drug-likeness (QED) is 0.524. The van der Waals surface area contributed by atoms with E-state index in [9.17, 15) is 13.2 Å². The third-order valence-electron chi connectivity index (χ3n) is 0.760. The van der Waals surface area contributed by atoms with Gasteiger partial charge in [0.15, 0.2) is 6.17 Å². The van der Waals surface area contributed by atoms with Gasteiger partial charge in [-0.15, -0.1) is 11.6 Å². The Kier molecular flexibility index (Phi) is 2.60. The van der Waals surface area contributed by atoms with Crippen molar-refractivity contribution in [2.24, 2.45) is 0 Å². The highest BCUT2D eigenvalue weighted by Crippen LogP contribution is 2.21. The molecular formula is C4H6ClF3. The number of hydrogen-bond acceptors (Lipinski definition) is 0. The smallest absolute Gasteiger partial charge is 0.241 e. The minimum atomic E-state index is -3.36. The number of halogens is 4. The zero-order chi connectivity index (χ0) is 6.78. The number of hydrogen-bond donors (Lipinski definition) is 0. The van der Waals surface area contributed by atoms with E-state index in [4.69, 9.17) is 11.6 Å². The minimum Gasteiger partial charge on any atom is -0.241 e. The van der Waals surface area contributed by atoms with Crippen LogP contribution in [-0.4, -0.2) is 18.0 Å². The average molecular weight is 147 g/mol. The van der Waals surface area contributed by atoms with Crippen molar-refractivity contribution in [2.75, 3.05) is 5.88 Å². The molecule has 0 saturated heterocycles. The lowest BCUT2D eigenvalue weighted by Crippen LogP contribution is -2.28. The SMILES string of the molecule is CC(F)C(F)(F)CCl. The molecule has 50 valence electrons. The molecule has 0 aliphatic rings. The Balaban J connectivity index is 3.71. The molecule has 0 heterocycles. The molecule has 4 heteroatoms. The van der Waals surface area contributed by atoms with Crippen molar-refractivity contribution in [1.82, 2.24) is 0 Å². The third kappa shape index (κ3) is 1.90. The maximum absolute atomic E-state index is 11.8. The van der Waals surface area contributed by atoms with Crippen LogP contribution in [0.1, 0.15) is 6.92 Å². The molecule has 1 atom stereocenters. The summed E-state index contributed by atoms with van der Waals surface area (Å²) < 4.78 is 35.2. The minimum absolute atomic E-state index is 0.780. The topological polar surface area (TPSA) is 0 Å². The van der Waals surface area contributed by atoms with Crippen LogP contribution in [0.2, 0.25) is 0 Å². The molecule has 0 spiro atoms. The lowest BCUT2D eigenvalue weighted by Gasteiger charge is -2.12. The van der Waals surface area contributed by atoms with Crippen LogP contribution >= 0.6 is 11.6 Å². The van der Waals surface area contributed by atoms with Gasteiger partial charge in [0.05, 0.1) is 5.88 Å². The molecule has 0 aliphatic heterocycles. The van der Waals surface area contributed by atoms with Crippen molar-refractivity contribution in [1.29, 1.82) is 0 Å². The van der Waals surface area contributed by atoms with E-state index < -0.39 is 18.0 Å². The molecule has 0 fully saturated rings. The molecule has 1 unspecified atom stereocenters. The second-order valence-electron chi connectivity index (χ2n) is 1.51. The van der Waals surface area contributed by atoms with Gasteiger partial charge in [0, 0.05) is 0 Å². The summed E-state index contributed by atoms with van der Waals surface area (Å²) in [5, 5.41) is 0. The lowest BCUT2D eigenvalue weighted by molar-refractivity contribution is -0.0435. The standard InChI is InChI=1S/C4H6ClF3/c1-3(6)4(7,8)2-5/h3H,2H2,1H3. The molecule has 0 aromatic rings. The van der Waals surface area contributed by atoms with E-state index in [-0.39, 0.29) is 0 Å². The van der Waals surface area contributed by atoms with Crippen LogP contribution in [0, 0.1) is 0 Å². The first-order valence-electron chi connectivity index (χ1n) is 2.08. The van der Waals surface area contributed by atoms with Gasteiger partial charge >= 0.3 is 0 Å². The molecule has 0 bridgehead atoms. The van der Waals surface area contributed by atoms with Crippen LogP contribution < -0.4 is 0 Å². The van der Waals surface area contributed by atoms with E-state index in [0.29, 0.717) is 0 Å². The first kappa shape index (κ1) is 8.08. The van der Waals surface area contributed by atoms with Gasteiger partial charge in [-0.25, -0.2) is 13.2 Å². The molecule has 0 aromatic heterocycles. The Morgan fingerprint density at radius 1 is 1.62 bits per heavy atom. The predicted octanol–water partition coefficient (Wildman–Crippen LogP) is 2.22.